The first kappa shape index (κ1) is 20.5. The summed E-state index contributed by atoms with van der Waals surface area (Å²) in [5.74, 6) is -0.0644. The van der Waals surface area contributed by atoms with Crippen LogP contribution < -0.4 is 4.72 Å². The zero-order valence-electron chi connectivity index (χ0n) is 14.9. The van der Waals surface area contributed by atoms with Gasteiger partial charge >= 0.3 is 0 Å². The lowest BCUT2D eigenvalue weighted by Gasteiger charge is -2.07. The van der Waals surface area contributed by atoms with Crippen molar-refractivity contribution in [2.75, 3.05) is 0 Å². The number of carbonyl (C=O) groups is 1. The predicted molar refractivity (Wildman–Crippen MR) is 107 cm³/mol. The average molecular weight is 437 g/mol. The van der Waals surface area contributed by atoms with Crippen molar-refractivity contribution in [1.82, 2.24) is 19.7 Å². The van der Waals surface area contributed by atoms with E-state index in [1.165, 1.54) is 24.5 Å². The number of nitrogens with zero attached hydrogens (tertiary/aromatic N) is 3. The lowest BCUT2D eigenvalue weighted by atomic mass is 10.1. The lowest BCUT2D eigenvalue weighted by molar-refractivity contribution is 0.0978. The van der Waals surface area contributed by atoms with Crippen LogP contribution in [-0.4, -0.2) is 29.2 Å². The van der Waals surface area contributed by atoms with Crippen LogP contribution >= 0.6 is 22.9 Å². The van der Waals surface area contributed by atoms with Gasteiger partial charge in [0.15, 0.2) is 5.78 Å². The molecule has 0 aromatic carbocycles. The van der Waals surface area contributed by atoms with Gasteiger partial charge in [0.2, 0.25) is 10.0 Å². The maximum Gasteiger partial charge on any atom is 0.242 e. The largest absolute Gasteiger partial charge is 0.292 e. The van der Waals surface area contributed by atoms with Gasteiger partial charge in [-0.1, -0.05) is 17.7 Å². The lowest BCUT2D eigenvalue weighted by Crippen LogP contribution is -2.23. The van der Waals surface area contributed by atoms with E-state index in [0.29, 0.717) is 24.1 Å². The van der Waals surface area contributed by atoms with Crippen LogP contribution in [0.5, 0.6) is 0 Å². The second-order valence-corrected chi connectivity index (χ2v) is 9.44. The molecule has 3 aromatic rings. The van der Waals surface area contributed by atoms with Crippen LogP contribution in [0.4, 0.5) is 0 Å². The summed E-state index contributed by atoms with van der Waals surface area (Å²) in [4.78, 5) is 25.4. The highest BCUT2D eigenvalue weighted by Gasteiger charge is 2.15. The number of thiazole rings is 1. The average Bonchev–Trinajstić information content (AvgIpc) is 3.10. The highest BCUT2D eigenvalue weighted by Crippen LogP contribution is 2.15. The number of nitrogens with one attached hydrogen (secondary N) is 1. The molecule has 0 aliphatic heterocycles. The summed E-state index contributed by atoms with van der Waals surface area (Å²) in [6.07, 6.45) is 5.45. The quantitative estimate of drug-likeness (QED) is 0.429. The maximum absolute atomic E-state index is 12.3. The number of ketones is 1. The van der Waals surface area contributed by atoms with Crippen molar-refractivity contribution < 1.29 is 13.2 Å². The van der Waals surface area contributed by atoms with E-state index in [4.69, 9.17) is 11.6 Å². The number of hydrogen-bond acceptors (Lipinski definition) is 7. The number of aromatic nitrogens is 3. The molecule has 0 atom stereocenters. The molecule has 3 heterocycles. The van der Waals surface area contributed by atoms with Gasteiger partial charge < -0.3 is 0 Å². The van der Waals surface area contributed by atoms with Crippen LogP contribution in [0.1, 0.15) is 32.4 Å². The number of sulfonamides is 1. The molecule has 1 N–H and O–H groups in total. The molecule has 7 nitrogen and oxygen atoms in total. The van der Waals surface area contributed by atoms with Gasteiger partial charge in [-0.15, -0.1) is 11.3 Å². The van der Waals surface area contributed by atoms with Crippen molar-refractivity contribution in [1.29, 1.82) is 0 Å². The molecule has 146 valence electrons. The Hall–Kier alpha value is -2.20. The van der Waals surface area contributed by atoms with E-state index in [0.717, 1.165) is 9.88 Å². The van der Waals surface area contributed by atoms with E-state index in [2.05, 4.69) is 19.7 Å². The summed E-state index contributed by atoms with van der Waals surface area (Å²) < 4.78 is 26.9. The van der Waals surface area contributed by atoms with Crippen molar-refractivity contribution in [2.24, 2.45) is 0 Å². The van der Waals surface area contributed by atoms with Crippen molar-refractivity contribution in [3.05, 3.63) is 69.2 Å². The molecule has 0 fully saturated rings. The summed E-state index contributed by atoms with van der Waals surface area (Å²) in [6, 6.07) is 6.07. The third kappa shape index (κ3) is 5.41. The molecule has 0 saturated carbocycles. The molecule has 0 amide bonds. The molecule has 0 bridgehead atoms. The molecule has 0 saturated heterocycles. The molecular formula is C18H17ClN4O3S2. The van der Waals surface area contributed by atoms with Gasteiger partial charge in [-0.3, -0.25) is 9.78 Å². The molecular weight excluding hydrogens is 420 g/mol. The van der Waals surface area contributed by atoms with E-state index in [9.17, 15) is 13.2 Å². The zero-order chi connectivity index (χ0) is 20.1. The summed E-state index contributed by atoms with van der Waals surface area (Å²) in [7, 11) is -3.71. The fourth-order valence-electron chi connectivity index (χ4n) is 2.36. The fourth-order valence-corrected chi connectivity index (χ4v) is 4.23. The minimum atomic E-state index is -3.71. The molecule has 3 rings (SSSR count). The number of halogens is 1. The van der Waals surface area contributed by atoms with Gasteiger partial charge in [-0.05, 0) is 37.1 Å². The van der Waals surface area contributed by atoms with Crippen molar-refractivity contribution in [3.63, 3.8) is 0 Å². The van der Waals surface area contributed by atoms with E-state index in [1.54, 1.807) is 29.7 Å². The number of rotatable bonds is 8. The SMILES string of the molecule is Cc1ncc(CCC(=O)c2ccc(CNS(=O)(=O)c3ccc(Cl)nc3)cn2)s1. The highest BCUT2D eigenvalue weighted by atomic mass is 35.5. The Labute approximate surface area is 171 Å². The summed E-state index contributed by atoms with van der Waals surface area (Å²) >= 11 is 7.24. The Balaban J connectivity index is 1.56. The van der Waals surface area contributed by atoms with Crippen molar-refractivity contribution >= 4 is 38.7 Å². The van der Waals surface area contributed by atoms with E-state index in [1.807, 2.05) is 6.92 Å². The van der Waals surface area contributed by atoms with Crippen LogP contribution in [-0.2, 0) is 23.0 Å². The Morgan fingerprint density at radius 2 is 1.93 bits per heavy atom. The molecule has 28 heavy (non-hydrogen) atoms. The van der Waals surface area contributed by atoms with Crippen LogP contribution in [0.2, 0.25) is 5.15 Å². The molecule has 10 heteroatoms. The number of aryl methyl sites for hydroxylation is 2. The standard InChI is InChI=1S/C18H17ClN4O3S2/c1-12-20-10-14(27-12)3-6-17(24)16-5-2-13(8-21-16)9-23-28(25,26)15-4-7-18(19)22-11-15/h2,4-5,7-8,10-11,23H,3,6,9H2,1H3. The number of Topliss-reactive ketones (excluding diaryl/α,β-unsaturated/α-hetero) is 1. The minimum Gasteiger partial charge on any atom is -0.292 e. The molecule has 3 aromatic heterocycles. The van der Waals surface area contributed by atoms with Gasteiger partial charge in [-0.25, -0.2) is 23.1 Å². The van der Waals surface area contributed by atoms with Gasteiger partial charge in [0.25, 0.3) is 0 Å². The first-order valence-corrected chi connectivity index (χ1v) is 11.0. The Kier molecular flexibility index (Phi) is 6.50. The van der Waals surface area contributed by atoms with Crippen LogP contribution in [0.25, 0.3) is 0 Å². The molecule has 0 radical (unpaired) electrons. The van der Waals surface area contributed by atoms with E-state index >= 15 is 0 Å². The van der Waals surface area contributed by atoms with Gasteiger partial charge in [-0.2, -0.15) is 0 Å². The van der Waals surface area contributed by atoms with Gasteiger partial charge in [0.1, 0.15) is 15.7 Å². The summed E-state index contributed by atoms with van der Waals surface area (Å²) in [5.41, 5.74) is 0.995. The Morgan fingerprint density at radius 1 is 1.11 bits per heavy atom. The minimum absolute atomic E-state index is 0.0231. The van der Waals surface area contributed by atoms with Crippen LogP contribution in [0.3, 0.4) is 0 Å². The highest BCUT2D eigenvalue weighted by molar-refractivity contribution is 7.89. The van der Waals surface area contributed by atoms with Crippen LogP contribution in [0.15, 0.2) is 47.8 Å². The number of pyridine rings is 2. The normalized spacial score (nSPS) is 11.5. The smallest absolute Gasteiger partial charge is 0.242 e. The number of hydrogen-bond donors (Lipinski definition) is 1. The van der Waals surface area contributed by atoms with Crippen molar-refractivity contribution in [2.45, 2.75) is 31.2 Å². The predicted octanol–water partition coefficient (Wildman–Crippen LogP) is 3.19. The fraction of sp³-hybridized carbons (Fsp3) is 0.222. The third-order valence-corrected chi connectivity index (χ3v) is 6.44. The topological polar surface area (TPSA) is 102 Å². The monoisotopic (exact) mass is 436 g/mol. The summed E-state index contributed by atoms with van der Waals surface area (Å²) in [5, 5.41) is 1.19. The van der Waals surface area contributed by atoms with Crippen molar-refractivity contribution in [3.8, 4) is 0 Å². The van der Waals surface area contributed by atoms with Crippen LogP contribution in [0, 0.1) is 6.92 Å². The second-order valence-electron chi connectivity index (χ2n) is 5.96. The molecule has 0 spiro atoms. The summed E-state index contributed by atoms with van der Waals surface area (Å²) in [6.45, 7) is 1.97. The molecule has 0 unspecified atom stereocenters. The molecule has 0 aliphatic rings. The van der Waals surface area contributed by atoms with Gasteiger partial charge in [0.05, 0.1) is 5.01 Å². The molecule has 0 aliphatic carbocycles. The first-order valence-electron chi connectivity index (χ1n) is 8.34. The third-order valence-electron chi connectivity index (χ3n) is 3.85. The Bertz CT molecular complexity index is 1060. The number of carbonyl (C=O) groups excluding carboxylic acids is 1. The van der Waals surface area contributed by atoms with Gasteiger partial charge in [0, 0.05) is 36.4 Å². The first-order chi connectivity index (χ1) is 13.3. The zero-order valence-corrected chi connectivity index (χ0v) is 17.3. The maximum atomic E-state index is 12.3. The Morgan fingerprint density at radius 3 is 2.54 bits per heavy atom. The van der Waals surface area contributed by atoms with E-state index in [-0.39, 0.29) is 22.4 Å². The second kappa shape index (κ2) is 8.87. The van der Waals surface area contributed by atoms with E-state index < -0.39 is 10.0 Å².